The van der Waals surface area contributed by atoms with Crippen molar-refractivity contribution in [2.75, 3.05) is 0 Å². The molecule has 0 spiro atoms. The Kier molecular flexibility index (Phi) is 3.90. The van der Waals surface area contributed by atoms with Crippen molar-refractivity contribution in [2.45, 2.75) is 31.4 Å². The maximum Gasteiger partial charge on any atom is 0.417 e. The molecule has 0 fully saturated rings. The fourth-order valence-corrected chi connectivity index (χ4v) is 4.49. The van der Waals surface area contributed by atoms with Crippen LogP contribution in [0.15, 0.2) is 67.0 Å². The topological polar surface area (TPSA) is 12.9 Å². The Hall–Kier alpha value is -2.88. The number of benzene rings is 3. The molecule has 1 heterocycles. The Labute approximate surface area is 160 Å². The highest BCUT2D eigenvalue weighted by molar-refractivity contribution is 6.08. The van der Waals surface area contributed by atoms with Gasteiger partial charge in [0.2, 0.25) is 0 Å². The fourth-order valence-electron chi connectivity index (χ4n) is 4.49. The minimum Gasteiger partial charge on any atom is -0.264 e. The summed E-state index contributed by atoms with van der Waals surface area (Å²) in [6.45, 7) is 0. The van der Waals surface area contributed by atoms with E-state index < -0.39 is 11.7 Å². The van der Waals surface area contributed by atoms with Crippen molar-refractivity contribution in [3.63, 3.8) is 0 Å². The highest BCUT2D eigenvalue weighted by Gasteiger charge is 2.32. The molecule has 140 valence electrons. The van der Waals surface area contributed by atoms with Gasteiger partial charge >= 0.3 is 6.18 Å². The van der Waals surface area contributed by atoms with E-state index >= 15 is 0 Å². The predicted octanol–water partition coefficient (Wildman–Crippen LogP) is 6.68. The van der Waals surface area contributed by atoms with Gasteiger partial charge in [0.15, 0.2) is 0 Å². The van der Waals surface area contributed by atoms with Gasteiger partial charge in [-0.1, -0.05) is 48.5 Å². The molecule has 1 nitrogen and oxygen atoms in total. The smallest absolute Gasteiger partial charge is 0.264 e. The molecule has 5 rings (SSSR count). The van der Waals surface area contributed by atoms with Crippen LogP contribution < -0.4 is 0 Å². The molecule has 0 bridgehead atoms. The number of pyridine rings is 1. The first-order chi connectivity index (χ1) is 13.5. The second-order valence-electron chi connectivity index (χ2n) is 7.53. The molecule has 0 N–H and O–H groups in total. The normalized spacial score (nSPS) is 17.0. The number of rotatable bonds is 1. The minimum absolute atomic E-state index is 0.0696. The quantitative estimate of drug-likeness (QED) is 0.337. The van der Waals surface area contributed by atoms with Crippen molar-refractivity contribution in [1.82, 2.24) is 4.98 Å². The van der Waals surface area contributed by atoms with Crippen molar-refractivity contribution in [3.8, 4) is 0 Å². The number of hydrogen-bond acceptors (Lipinski definition) is 1. The first kappa shape index (κ1) is 17.2. The van der Waals surface area contributed by atoms with Crippen LogP contribution in [0.5, 0.6) is 0 Å². The molecule has 0 amide bonds. The lowest BCUT2D eigenvalue weighted by Gasteiger charge is -2.26. The summed E-state index contributed by atoms with van der Waals surface area (Å²) in [5.74, 6) is 0.0696. The van der Waals surface area contributed by atoms with E-state index in [0.29, 0.717) is 5.56 Å². The molecule has 1 aromatic heterocycles. The highest BCUT2D eigenvalue weighted by atomic mass is 19.4. The van der Waals surface area contributed by atoms with Gasteiger partial charge in [-0.25, -0.2) is 0 Å². The first-order valence-electron chi connectivity index (χ1n) is 9.45. The molecule has 3 aromatic carbocycles. The SMILES string of the molecule is FC(F)(F)c1cncc(C2CCc3c(ccc4c3ccc3ccccc34)C2)c1. The molecule has 1 aliphatic carbocycles. The van der Waals surface area contributed by atoms with Gasteiger partial charge in [-0.2, -0.15) is 13.2 Å². The van der Waals surface area contributed by atoms with Crippen molar-refractivity contribution < 1.29 is 13.2 Å². The Morgan fingerprint density at radius 2 is 1.68 bits per heavy atom. The molecule has 1 atom stereocenters. The van der Waals surface area contributed by atoms with Gasteiger partial charge in [-0.05, 0) is 69.5 Å². The fraction of sp³-hybridized carbons (Fsp3) is 0.208. The van der Waals surface area contributed by atoms with Crippen LogP contribution in [0.25, 0.3) is 21.5 Å². The number of alkyl halides is 3. The average Bonchev–Trinajstić information content (AvgIpc) is 2.72. The lowest BCUT2D eigenvalue weighted by atomic mass is 9.78. The molecule has 4 aromatic rings. The van der Waals surface area contributed by atoms with Crippen LogP contribution in [0.1, 0.15) is 34.6 Å². The molecule has 1 unspecified atom stereocenters. The summed E-state index contributed by atoms with van der Waals surface area (Å²) < 4.78 is 39.1. The van der Waals surface area contributed by atoms with E-state index in [1.807, 2.05) is 6.07 Å². The van der Waals surface area contributed by atoms with Gasteiger partial charge < -0.3 is 0 Å². The van der Waals surface area contributed by atoms with Crippen LogP contribution in [-0.4, -0.2) is 4.98 Å². The van der Waals surface area contributed by atoms with Crippen LogP contribution >= 0.6 is 0 Å². The Morgan fingerprint density at radius 3 is 2.54 bits per heavy atom. The predicted molar refractivity (Wildman–Crippen MR) is 105 cm³/mol. The van der Waals surface area contributed by atoms with Gasteiger partial charge in [0.25, 0.3) is 0 Å². The van der Waals surface area contributed by atoms with Gasteiger partial charge in [0, 0.05) is 12.4 Å². The van der Waals surface area contributed by atoms with Crippen LogP contribution in [0.4, 0.5) is 13.2 Å². The number of halogens is 3. The summed E-state index contributed by atoms with van der Waals surface area (Å²) in [6, 6.07) is 18.3. The molecule has 0 radical (unpaired) electrons. The van der Waals surface area contributed by atoms with Gasteiger partial charge in [0.05, 0.1) is 5.56 Å². The van der Waals surface area contributed by atoms with Crippen molar-refractivity contribution >= 4 is 21.5 Å². The highest BCUT2D eigenvalue weighted by Crippen LogP contribution is 2.39. The molecular formula is C24H18F3N. The van der Waals surface area contributed by atoms with Gasteiger partial charge in [-0.15, -0.1) is 0 Å². The number of fused-ring (bicyclic) bond motifs is 5. The monoisotopic (exact) mass is 377 g/mol. The first-order valence-corrected chi connectivity index (χ1v) is 9.45. The van der Waals surface area contributed by atoms with E-state index in [0.717, 1.165) is 25.5 Å². The van der Waals surface area contributed by atoms with Crippen LogP contribution in [0.3, 0.4) is 0 Å². The van der Waals surface area contributed by atoms with E-state index in [1.54, 1.807) is 6.20 Å². The second kappa shape index (κ2) is 6.33. The molecule has 0 saturated carbocycles. The summed E-state index contributed by atoms with van der Waals surface area (Å²) in [7, 11) is 0. The summed E-state index contributed by atoms with van der Waals surface area (Å²) in [6.07, 6.45) is 0.583. The van der Waals surface area contributed by atoms with E-state index in [9.17, 15) is 13.2 Å². The maximum atomic E-state index is 13.0. The number of nitrogens with zero attached hydrogens (tertiary/aromatic N) is 1. The van der Waals surface area contributed by atoms with E-state index in [1.165, 1.54) is 38.7 Å². The third-order valence-corrected chi connectivity index (χ3v) is 5.90. The minimum atomic E-state index is -4.35. The molecule has 1 aliphatic rings. The zero-order valence-electron chi connectivity index (χ0n) is 15.1. The van der Waals surface area contributed by atoms with E-state index in [4.69, 9.17) is 0 Å². The number of hydrogen-bond donors (Lipinski definition) is 0. The third-order valence-electron chi connectivity index (χ3n) is 5.90. The second-order valence-corrected chi connectivity index (χ2v) is 7.53. The molecular weight excluding hydrogens is 359 g/mol. The van der Waals surface area contributed by atoms with Crippen molar-refractivity contribution in [2.24, 2.45) is 0 Å². The number of aromatic nitrogens is 1. The van der Waals surface area contributed by atoms with Crippen LogP contribution in [-0.2, 0) is 19.0 Å². The standard InChI is InChI=1S/C24H18F3N/c25-24(26,27)19-12-18(13-28-14-19)16-6-8-21-17(11-16)7-10-22-20-4-2-1-3-15(20)5-9-23(21)22/h1-5,7,9-10,12-14,16H,6,8,11H2. The van der Waals surface area contributed by atoms with Crippen molar-refractivity contribution in [3.05, 3.63) is 89.2 Å². The lowest BCUT2D eigenvalue weighted by molar-refractivity contribution is -0.137. The third kappa shape index (κ3) is 2.84. The largest absolute Gasteiger partial charge is 0.417 e. The number of aryl methyl sites for hydroxylation is 1. The summed E-state index contributed by atoms with van der Waals surface area (Å²) in [5.41, 5.74) is 2.58. The van der Waals surface area contributed by atoms with Gasteiger partial charge in [-0.3, -0.25) is 4.98 Å². The molecule has 0 aliphatic heterocycles. The van der Waals surface area contributed by atoms with E-state index in [-0.39, 0.29) is 5.92 Å². The Bertz CT molecular complexity index is 1190. The summed E-state index contributed by atoms with van der Waals surface area (Å²) in [5, 5.41) is 4.97. The Morgan fingerprint density at radius 1 is 0.857 bits per heavy atom. The molecule has 28 heavy (non-hydrogen) atoms. The average molecular weight is 377 g/mol. The van der Waals surface area contributed by atoms with Crippen LogP contribution in [0.2, 0.25) is 0 Å². The Balaban J connectivity index is 1.55. The zero-order chi connectivity index (χ0) is 19.3. The lowest BCUT2D eigenvalue weighted by Crippen LogP contribution is -2.15. The zero-order valence-corrected chi connectivity index (χ0v) is 15.1. The van der Waals surface area contributed by atoms with Gasteiger partial charge in [0.1, 0.15) is 0 Å². The molecule has 4 heteroatoms. The summed E-state index contributed by atoms with van der Waals surface area (Å²) in [4.78, 5) is 3.85. The van der Waals surface area contributed by atoms with Crippen LogP contribution in [0, 0.1) is 0 Å². The van der Waals surface area contributed by atoms with Crippen molar-refractivity contribution in [1.29, 1.82) is 0 Å². The van der Waals surface area contributed by atoms with E-state index in [2.05, 4.69) is 47.4 Å². The summed E-state index contributed by atoms with van der Waals surface area (Å²) >= 11 is 0. The maximum absolute atomic E-state index is 13.0. The molecule has 0 saturated heterocycles.